The lowest BCUT2D eigenvalue weighted by Gasteiger charge is -2.13. The first kappa shape index (κ1) is 11.4. The van der Waals surface area contributed by atoms with Gasteiger partial charge in [-0.2, -0.15) is 5.10 Å². The maximum absolute atomic E-state index is 13.5. The molecule has 0 spiro atoms. The van der Waals surface area contributed by atoms with Gasteiger partial charge in [0.1, 0.15) is 5.82 Å². The fourth-order valence-electron chi connectivity index (χ4n) is 2.68. The van der Waals surface area contributed by atoms with Crippen LogP contribution in [0, 0.1) is 12.7 Å². The zero-order valence-electron chi connectivity index (χ0n) is 10.6. The number of fused-ring (bicyclic) bond motifs is 1. The molecule has 18 heavy (non-hydrogen) atoms. The van der Waals surface area contributed by atoms with E-state index in [0.717, 1.165) is 42.0 Å². The largest absolute Gasteiger partial charge is 0.311 e. The fraction of sp³-hybridized carbons (Fsp3) is 0.357. The van der Waals surface area contributed by atoms with Gasteiger partial charge in [-0.3, -0.25) is 4.68 Å². The van der Waals surface area contributed by atoms with Crippen LogP contribution in [0.5, 0.6) is 0 Å². The van der Waals surface area contributed by atoms with Crippen molar-refractivity contribution in [2.75, 3.05) is 6.54 Å². The highest BCUT2D eigenvalue weighted by Crippen LogP contribution is 2.29. The predicted molar refractivity (Wildman–Crippen MR) is 68.7 cm³/mol. The SMILES string of the molecule is Cc1cc(F)cc(-c2c3c(nn2C)CNCC3)c1. The van der Waals surface area contributed by atoms with Crippen molar-refractivity contribution in [2.24, 2.45) is 7.05 Å². The van der Waals surface area contributed by atoms with Crippen LogP contribution in [0.25, 0.3) is 11.3 Å². The molecule has 0 bridgehead atoms. The molecule has 3 rings (SSSR count). The van der Waals surface area contributed by atoms with Crippen molar-refractivity contribution in [3.63, 3.8) is 0 Å². The van der Waals surface area contributed by atoms with Gasteiger partial charge in [-0.05, 0) is 43.7 Å². The van der Waals surface area contributed by atoms with Gasteiger partial charge in [0.25, 0.3) is 0 Å². The maximum Gasteiger partial charge on any atom is 0.124 e. The molecule has 0 atom stereocenters. The van der Waals surface area contributed by atoms with Gasteiger partial charge >= 0.3 is 0 Å². The molecule has 0 saturated carbocycles. The van der Waals surface area contributed by atoms with Crippen molar-refractivity contribution in [3.8, 4) is 11.3 Å². The first-order chi connectivity index (χ1) is 8.65. The molecule has 0 amide bonds. The summed E-state index contributed by atoms with van der Waals surface area (Å²) in [6, 6.07) is 5.16. The molecule has 0 unspecified atom stereocenters. The van der Waals surface area contributed by atoms with Gasteiger partial charge in [-0.25, -0.2) is 4.39 Å². The van der Waals surface area contributed by atoms with Crippen molar-refractivity contribution >= 4 is 0 Å². The summed E-state index contributed by atoms with van der Waals surface area (Å²) >= 11 is 0. The highest BCUT2D eigenvalue weighted by atomic mass is 19.1. The number of rotatable bonds is 1. The topological polar surface area (TPSA) is 29.9 Å². The van der Waals surface area contributed by atoms with E-state index in [1.807, 2.05) is 24.7 Å². The van der Waals surface area contributed by atoms with Crippen LogP contribution in [0.2, 0.25) is 0 Å². The molecular formula is C14H16FN3. The van der Waals surface area contributed by atoms with Crippen molar-refractivity contribution in [1.82, 2.24) is 15.1 Å². The van der Waals surface area contributed by atoms with E-state index in [1.54, 1.807) is 12.1 Å². The molecule has 94 valence electrons. The second-order valence-corrected chi connectivity index (χ2v) is 4.84. The first-order valence-corrected chi connectivity index (χ1v) is 6.18. The van der Waals surface area contributed by atoms with Crippen LogP contribution < -0.4 is 5.32 Å². The van der Waals surface area contributed by atoms with E-state index >= 15 is 0 Å². The number of hydrogen-bond acceptors (Lipinski definition) is 2. The third-order valence-electron chi connectivity index (χ3n) is 3.39. The van der Waals surface area contributed by atoms with E-state index in [0.29, 0.717) is 0 Å². The van der Waals surface area contributed by atoms with Gasteiger partial charge in [-0.15, -0.1) is 0 Å². The van der Waals surface area contributed by atoms with Gasteiger partial charge < -0.3 is 5.32 Å². The van der Waals surface area contributed by atoms with Crippen LogP contribution in [0.3, 0.4) is 0 Å². The summed E-state index contributed by atoms with van der Waals surface area (Å²) in [6.07, 6.45) is 0.952. The molecule has 0 saturated heterocycles. The number of benzene rings is 1. The second-order valence-electron chi connectivity index (χ2n) is 4.84. The predicted octanol–water partition coefficient (Wildman–Crippen LogP) is 2.18. The Balaban J connectivity index is 2.19. The third kappa shape index (κ3) is 1.82. The number of aromatic nitrogens is 2. The van der Waals surface area contributed by atoms with Crippen molar-refractivity contribution in [3.05, 3.63) is 40.8 Å². The van der Waals surface area contributed by atoms with E-state index in [9.17, 15) is 4.39 Å². The molecular weight excluding hydrogens is 229 g/mol. The lowest BCUT2D eigenvalue weighted by Crippen LogP contribution is -2.23. The molecule has 2 aromatic rings. The Bertz CT molecular complexity index is 581. The van der Waals surface area contributed by atoms with Crippen LogP contribution in [-0.4, -0.2) is 16.3 Å². The minimum atomic E-state index is -0.186. The Labute approximate surface area is 106 Å². The summed E-state index contributed by atoms with van der Waals surface area (Å²) < 4.78 is 15.4. The molecule has 4 heteroatoms. The summed E-state index contributed by atoms with van der Waals surface area (Å²) in [5.74, 6) is -0.186. The van der Waals surface area contributed by atoms with Crippen LogP contribution in [0.15, 0.2) is 18.2 Å². The Kier molecular flexibility index (Phi) is 2.67. The van der Waals surface area contributed by atoms with Gasteiger partial charge in [0.2, 0.25) is 0 Å². The molecule has 0 fully saturated rings. The number of hydrogen-bond donors (Lipinski definition) is 1. The van der Waals surface area contributed by atoms with E-state index in [4.69, 9.17) is 0 Å². The summed E-state index contributed by atoms with van der Waals surface area (Å²) in [5.41, 5.74) is 5.25. The zero-order chi connectivity index (χ0) is 12.7. The lowest BCUT2D eigenvalue weighted by atomic mass is 9.99. The van der Waals surface area contributed by atoms with Gasteiger partial charge in [0, 0.05) is 24.7 Å². The third-order valence-corrected chi connectivity index (χ3v) is 3.39. The Hall–Kier alpha value is -1.68. The van der Waals surface area contributed by atoms with Crippen LogP contribution in [0.4, 0.5) is 4.39 Å². The minimum Gasteiger partial charge on any atom is -0.311 e. The molecule has 3 nitrogen and oxygen atoms in total. The van der Waals surface area contributed by atoms with E-state index in [1.165, 1.54) is 5.56 Å². The summed E-state index contributed by atoms with van der Waals surface area (Å²) in [7, 11) is 1.92. The Morgan fingerprint density at radius 1 is 1.33 bits per heavy atom. The molecule has 1 aromatic carbocycles. The minimum absolute atomic E-state index is 0.186. The quantitative estimate of drug-likeness (QED) is 0.834. The van der Waals surface area contributed by atoms with Crippen molar-refractivity contribution in [1.29, 1.82) is 0 Å². The van der Waals surface area contributed by atoms with Gasteiger partial charge in [0.05, 0.1) is 11.4 Å². The van der Waals surface area contributed by atoms with Crippen molar-refractivity contribution in [2.45, 2.75) is 19.9 Å². The fourth-order valence-corrected chi connectivity index (χ4v) is 2.68. The normalized spacial score (nSPS) is 14.6. The van der Waals surface area contributed by atoms with Gasteiger partial charge in [-0.1, -0.05) is 0 Å². The Morgan fingerprint density at radius 3 is 2.94 bits per heavy atom. The highest BCUT2D eigenvalue weighted by molar-refractivity contribution is 5.66. The van der Waals surface area contributed by atoms with Gasteiger partial charge in [0.15, 0.2) is 0 Å². The molecule has 0 radical (unpaired) electrons. The summed E-state index contributed by atoms with van der Waals surface area (Å²) in [4.78, 5) is 0. The van der Waals surface area contributed by atoms with E-state index in [2.05, 4.69) is 10.4 Å². The molecule has 1 aromatic heterocycles. The monoisotopic (exact) mass is 245 g/mol. The molecule has 0 aliphatic carbocycles. The van der Waals surface area contributed by atoms with Crippen molar-refractivity contribution < 1.29 is 4.39 Å². The number of nitrogens with zero attached hydrogens (tertiary/aromatic N) is 2. The van der Waals surface area contributed by atoms with E-state index in [-0.39, 0.29) is 5.82 Å². The number of aryl methyl sites for hydroxylation is 2. The molecule has 2 heterocycles. The maximum atomic E-state index is 13.5. The smallest absolute Gasteiger partial charge is 0.124 e. The number of halogens is 1. The average Bonchev–Trinajstić information content (AvgIpc) is 2.63. The number of nitrogens with one attached hydrogen (secondary N) is 1. The molecule has 1 aliphatic heterocycles. The van der Waals surface area contributed by atoms with Crippen LogP contribution >= 0.6 is 0 Å². The van der Waals surface area contributed by atoms with Crippen LogP contribution in [-0.2, 0) is 20.0 Å². The van der Waals surface area contributed by atoms with Crippen LogP contribution in [0.1, 0.15) is 16.8 Å². The summed E-state index contributed by atoms with van der Waals surface area (Å²) in [5, 5.41) is 7.82. The Morgan fingerprint density at radius 2 is 2.17 bits per heavy atom. The highest BCUT2D eigenvalue weighted by Gasteiger charge is 2.20. The van der Waals surface area contributed by atoms with E-state index < -0.39 is 0 Å². The first-order valence-electron chi connectivity index (χ1n) is 6.18. The summed E-state index contributed by atoms with van der Waals surface area (Å²) in [6.45, 7) is 3.68. The lowest BCUT2D eigenvalue weighted by molar-refractivity contribution is 0.625. The molecule has 1 aliphatic rings. The average molecular weight is 245 g/mol. The molecule has 1 N–H and O–H groups in total. The standard InChI is InChI=1S/C14H16FN3/c1-9-5-10(7-11(15)6-9)14-12-3-4-16-8-13(12)17-18(14)2/h5-7,16H,3-4,8H2,1-2H3. The zero-order valence-corrected chi connectivity index (χ0v) is 10.6. The second kappa shape index (κ2) is 4.21.